The smallest absolute Gasteiger partial charge is 0.408 e. The molecule has 0 bridgehead atoms. The van der Waals surface area contributed by atoms with Gasteiger partial charge in [-0.05, 0) is 60.3 Å². The maximum absolute atomic E-state index is 12.0. The van der Waals surface area contributed by atoms with Crippen LogP contribution in [-0.4, -0.2) is 54.5 Å². The quantitative estimate of drug-likeness (QED) is 0.210. The molecule has 7 nitrogen and oxygen atoms in total. The van der Waals surface area contributed by atoms with Crippen LogP contribution in [0, 0.1) is 5.92 Å². The molecular weight excluding hydrogens is 459 g/mol. The van der Waals surface area contributed by atoms with Crippen LogP contribution in [0.25, 0.3) is 0 Å². The van der Waals surface area contributed by atoms with Crippen LogP contribution >= 0.6 is 24.0 Å². The highest BCUT2D eigenvalue weighted by Gasteiger charge is 2.24. The van der Waals surface area contributed by atoms with Gasteiger partial charge in [0.1, 0.15) is 5.60 Å². The number of carbonyl (C=O) groups is 1. The van der Waals surface area contributed by atoms with Crippen molar-refractivity contribution in [3.63, 3.8) is 0 Å². The van der Waals surface area contributed by atoms with Crippen molar-refractivity contribution in [1.29, 1.82) is 0 Å². The summed E-state index contributed by atoms with van der Waals surface area (Å²) in [5.74, 6) is 1.13. The number of aliphatic hydroxyl groups is 1. The Morgan fingerprint density at radius 3 is 2.22 bits per heavy atom. The highest BCUT2D eigenvalue weighted by atomic mass is 127. The highest BCUT2D eigenvalue weighted by molar-refractivity contribution is 14.0. The molecule has 0 rings (SSSR count). The first-order valence-corrected chi connectivity index (χ1v) is 9.67. The van der Waals surface area contributed by atoms with Crippen LogP contribution in [0.5, 0.6) is 0 Å². The van der Waals surface area contributed by atoms with E-state index in [-0.39, 0.29) is 30.6 Å². The summed E-state index contributed by atoms with van der Waals surface area (Å²) in [7, 11) is 0. The summed E-state index contributed by atoms with van der Waals surface area (Å²) >= 11 is 0. The molecule has 0 heterocycles. The molecule has 27 heavy (non-hydrogen) atoms. The molecule has 162 valence electrons. The molecule has 4 N–H and O–H groups in total. The lowest BCUT2D eigenvalue weighted by atomic mass is 10.0. The minimum Gasteiger partial charge on any atom is -0.444 e. The van der Waals surface area contributed by atoms with Gasteiger partial charge in [0.15, 0.2) is 5.96 Å². The molecule has 0 aliphatic carbocycles. The van der Waals surface area contributed by atoms with Gasteiger partial charge in [0.05, 0.1) is 12.1 Å². The number of halogens is 1. The lowest BCUT2D eigenvalue weighted by molar-refractivity contribution is 0.0476. The van der Waals surface area contributed by atoms with E-state index in [1.807, 2.05) is 41.5 Å². The number of nitrogens with zero attached hydrogens (tertiary/aromatic N) is 1. The van der Waals surface area contributed by atoms with Crippen molar-refractivity contribution in [2.75, 3.05) is 26.2 Å². The van der Waals surface area contributed by atoms with Gasteiger partial charge < -0.3 is 25.8 Å². The van der Waals surface area contributed by atoms with Gasteiger partial charge in [0.25, 0.3) is 0 Å². The number of aliphatic hydroxyl groups excluding tert-OH is 1. The Balaban J connectivity index is 0. The molecule has 0 fully saturated rings. The Morgan fingerprint density at radius 1 is 1.11 bits per heavy atom. The lowest BCUT2D eigenvalue weighted by Crippen LogP contribution is -2.49. The molecule has 0 saturated heterocycles. The number of guanidine groups is 1. The number of rotatable bonds is 10. The van der Waals surface area contributed by atoms with Crippen molar-refractivity contribution < 1.29 is 14.6 Å². The number of aliphatic imine (C=N–C) groups is 1. The van der Waals surface area contributed by atoms with Crippen LogP contribution in [-0.2, 0) is 4.74 Å². The van der Waals surface area contributed by atoms with Crippen LogP contribution in [0.3, 0.4) is 0 Å². The summed E-state index contributed by atoms with van der Waals surface area (Å²) in [5.41, 5.74) is -1.06. The molecule has 8 heteroatoms. The van der Waals surface area contributed by atoms with Crippen molar-refractivity contribution in [2.24, 2.45) is 10.9 Å². The molecule has 1 amide bonds. The maximum atomic E-state index is 12.0. The Bertz CT molecular complexity index is 431. The van der Waals surface area contributed by atoms with Crippen LogP contribution in [0.1, 0.15) is 67.7 Å². The zero-order valence-electron chi connectivity index (χ0n) is 18.1. The molecule has 0 aromatic rings. The molecule has 0 spiro atoms. The number of hydrogen-bond donors (Lipinski definition) is 4. The van der Waals surface area contributed by atoms with E-state index in [0.29, 0.717) is 18.4 Å². The minimum absolute atomic E-state index is 0. The standard InChI is InChI=1S/C19H40N4O3.HI/c1-8-10-15(11-12-24)13-21-16(20-9-2)22-14-19(6,7)23-17(25)26-18(3,4)5;/h15,24H,8-14H2,1-7H3,(H,23,25)(H2,20,21,22);1H. The van der Waals surface area contributed by atoms with E-state index in [0.717, 1.165) is 32.4 Å². The number of amides is 1. The molecule has 0 saturated carbocycles. The third-order valence-corrected chi connectivity index (χ3v) is 3.61. The number of alkyl carbamates (subject to hydrolysis) is 1. The van der Waals surface area contributed by atoms with Gasteiger partial charge in [-0.1, -0.05) is 13.3 Å². The summed E-state index contributed by atoms with van der Waals surface area (Å²) in [6.07, 6.45) is 2.50. The largest absolute Gasteiger partial charge is 0.444 e. The van der Waals surface area contributed by atoms with E-state index in [1.54, 1.807) is 0 Å². The molecule has 0 aliphatic heterocycles. The summed E-state index contributed by atoms with van der Waals surface area (Å²) < 4.78 is 5.31. The molecular formula is C19H41IN4O3. The third kappa shape index (κ3) is 15.9. The predicted molar refractivity (Wildman–Crippen MR) is 123 cm³/mol. The van der Waals surface area contributed by atoms with E-state index in [2.05, 4.69) is 27.9 Å². The van der Waals surface area contributed by atoms with Crippen molar-refractivity contribution in [3.8, 4) is 0 Å². The highest BCUT2D eigenvalue weighted by Crippen LogP contribution is 2.11. The third-order valence-electron chi connectivity index (χ3n) is 3.61. The Kier molecular flexibility index (Phi) is 15.0. The van der Waals surface area contributed by atoms with Crippen molar-refractivity contribution in [2.45, 2.75) is 78.9 Å². The SMILES string of the molecule is CCCC(CCO)CNC(=NCC(C)(C)NC(=O)OC(C)(C)C)NCC.I. The maximum Gasteiger partial charge on any atom is 0.408 e. The van der Waals surface area contributed by atoms with Gasteiger partial charge >= 0.3 is 6.09 Å². The van der Waals surface area contributed by atoms with E-state index >= 15 is 0 Å². The van der Waals surface area contributed by atoms with Crippen molar-refractivity contribution in [3.05, 3.63) is 0 Å². The van der Waals surface area contributed by atoms with Crippen LogP contribution in [0.2, 0.25) is 0 Å². The molecule has 1 unspecified atom stereocenters. The van der Waals surface area contributed by atoms with Crippen LogP contribution in [0.4, 0.5) is 4.79 Å². The molecule has 0 aromatic carbocycles. The fourth-order valence-electron chi connectivity index (χ4n) is 2.42. The van der Waals surface area contributed by atoms with Crippen LogP contribution in [0.15, 0.2) is 4.99 Å². The van der Waals surface area contributed by atoms with Crippen LogP contribution < -0.4 is 16.0 Å². The van der Waals surface area contributed by atoms with E-state index in [9.17, 15) is 9.90 Å². The summed E-state index contributed by atoms with van der Waals surface area (Å²) in [4.78, 5) is 16.6. The monoisotopic (exact) mass is 500 g/mol. The van der Waals surface area contributed by atoms with Gasteiger partial charge in [0.2, 0.25) is 0 Å². The Labute approximate surface area is 182 Å². The first-order valence-electron chi connectivity index (χ1n) is 9.67. The number of hydrogen-bond acceptors (Lipinski definition) is 4. The Morgan fingerprint density at radius 2 is 1.74 bits per heavy atom. The van der Waals surface area contributed by atoms with Gasteiger partial charge in [-0.25, -0.2) is 4.79 Å². The fraction of sp³-hybridized carbons (Fsp3) is 0.895. The topological polar surface area (TPSA) is 95.0 Å². The number of carbonyl (C=O) groups excluding carboxylic acids is 1. The number of nitrogens with one attached hydrogen (secondary N) is 3. The van der Waals surface area contributed by atoms with E-state index in [4.69, 9.17) is 4.74 Å². The van der Waals surface area contributed by atoms with Gasteiger partial charge in [-0.3, -0.25) is 4.99 Å². The van der Waals surface area contributed by atoms with Gasteiger partial charge in [-0.15, -0.1) is 24.0 Å². The average Bonchev–Trinajstić information content (AvgIpc) is 2.47. The Hall–Kier alpha value is -0.770. The summed E-state index contributed by atoms with van der Waals surface area (Å²) in [5, 5.41) is 18.6. The van der Waals surface area contributed by atoms with Gasteiger partial charge in [0, 0.05) is 19.7 Å². The molecule has 0 radical (unpaired) electrons. The predicted octanol–water partition coefficient (Wildman–Crippen LogP) is 3.26. The first-order chi connectivity index (χ1) is 12.0. The fourth-order valence-corrected chi connectivity index (χ4v) is 2.42. The van der Waals surface area contributed by atoms with Crippen molar-refractivity contribution >= 4 is 36.0 Å². The second-order valence-electron chi connectivity index (χ2n) is 8.25. The molecule has 1 atom stereocenters. The van der Waals surface area contributed by atoms with Gasteiger partial charge in [-0.2, -0.15) is 0 Å². The average molecular weight is 500 g/mol. The van der Waals surface area contributed by atoms with E-state index < -0.39 is 17.2 Å². The van der Waals surface area contributed by atoms with E-state index in [1.165, 1.54) is 0 Å². The normalized spacial score (nSPS) is 13.4. The molecule has 0 aliphatic rings. The number of ether oxygens (including phenoxy) is 1. The van der Waals surface area contributed by atoms with Crippen molar-refractivity contribution in [1.82, 2.24) is 16.0 Å². The molecule has 0 aromatic heterocycles. The second-order valence-corrected chi connectivity index (χ2v) is 8.25. The zero-order valence-corrected chi connectivity index (χ0v) is 20.5. The second kappa shape index (κ2) is 14.3. The first kappa shape index (κ1) is 28.4. The zero-order chi connectivity index (χ0) is 20.2. The lowest BCUT2D eigenvalue weighted by Gasteiger charge is -2.27. The minimum atomic E-state index is -0.529. The summed E-state index contributed by atoms with van der Waals surface area (Å²) in [6.45, 7) is 15.6. The summed E-state index contributed by atoms with van der Waals surface area (Å²) in [6, 6.07) is 0.